The molecule has 0 spiro atoms. The molecule has 2 aromatic heterocycles. The number of fused-ring (bicyclic) bond motifs is 2. The summed E-state index contributed by atoms with van der Waals surface area (Å²) >= 11 is 0. The van der Waals surface area contributed by atoms with Crippen LogP contribution in [0.25, 0.3) is 44.8 Å². The van der Waals surface area contributed by atoms with E-state index in [4.69, 9.17) is 9.97 Å². The average molecular weight is 551 g/mol. The van der Waals surface area contributed by atoms with Crippen molar-refractivity contribution in [2.24, 2.45) is 9.98 Å². The predicted octanol–water partition coefficient (Wildman–Crippen LogP) is 5.26. The first-order valence-corrected chi connectivity index (χ1v) is 14.5. The lowest BCUT2D eigenvalue weighted by Gasteiger charge is -2.05. The highest BCUT2D eigenvalue weighted by atomic mass is 15.1. The van der Waals surface area contributed by atoms with Gasteiger partial charge in [-0.15, -0.1) is 0 Å². The fourth-order valence-corrected chi connectivity index (χ4v) is 5.72. The summed E-state index contributed by atoms with van der Waals surface area (Å²) in [4.78, 5) is 25.7. The van der Waals surface area contributed by atoms with Gasteiger partial charge in [-0.2, -0.15) is 0 Å². The van der Waals surface area contributed by atoms with Gasteiger partial charge in [0.15, 0.2) is 0 Å². The molecule has 4 heterocycles. The summed E-state index contributed by atoms with van der Waals surface area (Å²) in [5.74, 6) is 3.69. The number of rotatable bonds is 7. The van der Waals surface area contributed by atoms with Crippen molar-refractivity contribution < 1.29 is 0 Å². The summed E-state index contributed by atoms with van der Waals surface area (Å²) in [5, 5.41) is 6.67. The number of nitrogens with one attached hydrogen (secondary N) is 4. The summed E-state index contributed by atoms with van der Waals surface area (Å²) in [5.41, 5.74) is 10.9. The van der Waals surface area contributed by atoms with E-state index in [2.05, 4.69) is 116 Å². The lowest BCUT2D eigenvalue weighted by molar-refractivity contribution is 0.960. The van der Waals surface area contributed by atoms with Gasteiger partial charge in [0, 0.05) is 35.3 Å². The fourth-order valence-electron chi connectivity index (χ4n) is 5.72. The molecule has 2 aliphatic heterocycles. The molecule has 6 aromatic rings. The molecule has 0 saturated carbocycles. The first-order chi connectivity index (χ1) is 20.7. The third kappa shape index (κ3) is 4.71. The molecular formula is C34H30N8. The van der Waals surface area contributed by atoms with E-state index in [0.717, 1.165) is 107 Å². The van der Waals surface area contributed by atoms with Gasteiger partial charge in [-0.25, -0.2) is 9.97 Å². The molecule has 0 bridgehead atoms. The molecule has 2 aliphatic rings. The molecule has 0 amide bonds. The first-order valence-electron chi connectivity index (χ1n) is 14.5. The minimum atomic E-state index is 0.831. The normalized spacial score (nSPS) is 14.7. The number of aromatic nitrogens is 4. The molecule has 0 radical (unpaired) electrons. The second-order valence-electron chi connectivity index (χ2n) is 10.8. The van der Waals surface area contributed by atoms with Gasteiger partial charge in [0.1, 0.15) is 23.3 Å². The van der Waals surface area contributed by atoms with Gasteiger partial charge in [-0.05, 0) is 60.4 Å². The van der Waals surface area contributed by atoms with Gasteiger partial charge >= 0.3 is 0 Å². The Labute approximate surface area is 243 Å². The number of aromatic amines is 2. The van der Waals surface area contributed by atoms with Crippen molar-refractivity contribution in [2.45, 2.75) is 12.8 Å². The zero-order valence-electron chi connectivity index (χ0n) is 23.1. The molecule has 0 saturated heterocycles. The number of hydrogen-bond donors (Lipinski definition) is 4. The van der Waals surface area contributed by atoms with Crippen molar-refractivity contribution in [3.63, 3.8) is 0 Å². The van der Waals surface area contributed by atoms with Crippen molar-refractivity contribution in [3.05, 3.63) is 107 Å². The summed E-state index contributed by atoms with van der Waals surface area (Å²) < 4.78 is 0. The van der Waals surface area contributed by atoms with Gasteiger partial charge in [-0.3, -0.25) is 9.98 Å². The van der Waals surface area contributed by atoms with Gasteiger partial charge in [0.05, 0.1) is 35.2 Å². The monoisotopic (exact) mass is 550 g/mol. The van der Waals surface area contributed by atoms with Crippen molar-refractivity contribution in [1.82, 2.24) is 30.6 Å². The molecule has 4 aromatic carbocycles. The molecule has 42 heavy (non-hydrogen) atoms. The summed E-state index contributed by atoms with van der Waals surface area (Å²) in [6, 6.07) is 30.0. The molecule has 8 rings (SSSR count). The Kier molecular flexibility index (Phi) is 6.02. The fraction of sp³-hybridized carbons (Fsp3) is 0.176. The van der Waals surface area contributed by atoms with Crippen LogP contribution in [0.2, 0.25) is 0 Å². The summed E-state index contributed by atoms with van der Waals surface area (Å²) in [6.07, 6.45) is 1.95. The Hall–Kier alpha value is -5.24. The van der Waals surface area contributed by atoms with Crippen LogP contribution in [0.3, 0.4) is 0 Å². The zero-order chi connectivity index (χ0) is 27.9. The second kappa shape index (κ2) is 10.3. The summed E-state index contributed by atoms with van der Waals surface area (Å²) in [6.45, 7) is 3.46. The highest BCUT2D eigenvalue weighted by molar-refractivity contribution is 6.03. The smallest absolute Gasteiger partial charge is 0.138 e. The average Bonchev–Trinajstić information content (AvgIpc) is 3.86. The Balaban J connectivity index is 0.926. The van der Waals surface area contributed by atoms with Gasteiger partial charge in [-0.1, -0.05) is 48.5 Å². The predicted molar refractivity (Wildman–Crippen MR) is 169 cm³/mol. The van der Waals surface area contributed by atoms with E-state index in [9.17, 15) is 0 Å². The van der Waals surface area contributed by atoms with Crippen LogP contribution in [-0.2, 0) is 12.8 Å². The molecule has 0 unspecified atom stereocenters. The zero-order valence-corrected chi connectivity index (χ0v) is 23.1. The molecule has 8 nitrogen and oxygen atoms in total. The minimum Gasteiger partial charge on any atom is -0.368 e. The Morgan fingerprint density at radius 2 is 0.929 bits per heavy atom. The van der Waals surface area contributed by atoms with Crippen molar-refractivity contribution in [1.29, 1.82) is 0 Å². The molecule has 0 fully saturated rings. The molecule has 0 aliphatic carbocycles. The third-order valence-corrected chi connectivity index (χ3v) is 8.02. The van der Waals surface area contributed by atoms with E-state index in [-0.39, 0.29) is 0 Å². The maximum atomic E-state index is 4.81. The van der Waals surface area contributed by atoms with Crippen LogP contribution >= 0.6 is 0 Å². The van der Waals surface area contributed by atoms with E-state index in [0.29, 0.717) is 0 Å². The highest BCUT2D eigenvalue weighted by Crippen LogP contribution is 2.24. The number of benzene rings is 4. The number of nitrogens with zero attached hydrogens (tertiary/aromatic N) is 4. The lowest BCUT2D eigenvalue weighted by atomic mass is 10.0. The Bertz CT molecular complexity index is 1830. The van der Waals surface area contributed by atoms with Crippen LogP contribution in [0, 0.1) is 0 Å². The Morgan fingerprint density at radius 1 is 0.500 bits per heavy atom. The van der Waals surface area contributed by atoms with Gasteiger partial charge < -0.3 is 20.6 Å². The minimum absolute atomic E-state index is 0.831. The lowest BCUT2D eigenvalue weighted by Crippen LogP contribution is -2.19. The molecule has 0 atom stereocenters. The standard InChI is InChI=1S/C34H30N8/c1(21-3-7-23(8-4-21)33-39-27-13-11-25(19-29(27)41-33)31-35-15-16-36-31)2-22-5-9-24(10-6-22)34-40-28-14-12-26(20-30(28)42-34)32-37-17-18-38-32/h3-14,19-20H,1-2,15-18H2,(H,35,36)(H,37,38)(H,39,41)(H,40,42). The topological polar surface area (TPSA) is 106 Å². The third-order valence-electron chi connectivity index (χ3n) is 8.02. The quantitative estimate of drug-likeness (QED) is 0.218. The van der Waals surface area contributed by atoms with E-state index in [1.807, 2.05) is 0 Å². The number of aliphatic imine (C=N–C) groups is 2. The highest BCUT2D eigenvalue weighted by Gasteiger charge is 2.13. The summed E-state index contributed by atoms with van der Waals surface area (Å²) in [7, 11) is 0. The van der Waals surface area contributed by atoms with Gasteiger partial charge in [0.2, 0.25) is 0 Å². The molecule has 4 N–H and O–H groups in total. The van der Waals surface area contributed by atoms with Crippen LogP contribution in [0.1, 0.15) is 22.3 Å². The SMILES string of the molecule is c1cc(-c2nc3ccc(C4=NCCN4)cc3[nH]2)ccc1CCc1ccc(-c2nc3ccc(C4=NCCN4)cc3[nH]2)cc1. The number of H-pyrrole nitrogens is 2. The van der Waals surface area contributed by atoms with E-state index in [1.54, 1.807) is 0 Å². The van der Waals surface area contributed by atoms with Crippen LogP contribution < -0.4 is 10.6 Å². The molecule has 206 valence electrons. The van der Waals surface area contributed by atoms with Crippen LogP contribution in [0.15, 0.2) is 94.9 Å². The maximum Gasteiger partial charge on any atom is 0.138 e. The number of aryl methyl sites for hydroxylation is 2. The number of imidazole rings is 2. The number of hydrogen-bond acceptors (Lipinski definition) is 6. The number of amidine groups is 2. The van der Waals surface area contributed by atoms with Crippen molar-refractivity contribution >= 4 is 33.7 Å². The van der Waals surface area contributed by atoms with Crippen molar-refractivity contribution in [3.8, 4) is 22.8 Å². The van der Waals surface area contributed by atoms with E-state index >= 15 is 0 Å². The Morgan fingerprint density at radius 3 is 1.33 bits per heavy atom. The maximum absolute atomic E-state index is 4.81. The van der Waals surface area contributed by atoms with E-state index < -0.39 is 0 Å². The van der Waals surface area contributed by atoms with Gasteiger partial charge in [0.25, 0.3) is 0 Å². The second-order valence-corrected chi connectivity index (χ2v) is 10.8. The molecule has 8 heteroatoms. The molecular weight excluding hydrogens is 520 g/mol. The van der Waals surface area contributed by atoms with Crippen LogP contribution in [-0.4, -0.2) is 57.8 Å². The van der Waals surface area contributed by atoms with Crippen molar-refractivity contribution in [2.75, 3.05) is 26.2 Å². The van der Waals surface area contributed by atoms with Crippen LogP contribution in [0.4, 0.5) is 0 Å². The first kappa shape index (κ1) is 24.5. The van der Waals surface area contributed by atoms with Crippen LogP contribution in [0.5, 0.6) is 0 Å². The van der Waals surface area contributed by atoms with E-state index in [1.165, 1.54) is 11.1 Å². The largest absolute Gasteiger partial charge is 0.368 e.